The van der Waals surface area contributed by atoms with Gasteiger partial charge in [0.2, 0.25) is 0 Å². The average molecular weight is 511 g/mol. The van der Waals surface area contributed by atoms with Crippen LogP contribution >= 0.6 is 11.3 Å². The molecule has 0 saturated carbocycles. The minimum atomic E-state index is -0.00351. The van der Waals surface area contributed by atoms with E-state index in [1.54, 1.807) is 11.3 Å². The molecule has 7 heteroatoms. The summed E-state index contributed by atoms with van der Waals surface area (Å²) in [5, 5.41) is 2.00. The predicted molar refractivity (Wildman–Crippen MR) is 142 cm³/mol. The minimum Gasteiger partial charge on any atom is -0.492 e. The van der Waals surface area contributed by atoms with Crippen LogP contribution in [0.5, 0.6) is 5.75 Å². The molecule has 2 fully saturated rings. The molecule has 1 atom stereocenters. The maximum Gasteiger partial charge on any atom is 0.257 e. The lowest BCUT2D eigenvalue weighted by Gasteiger charge is -2.42. The molecule has 0 N–H and O–H groups in total. The number of hydrogen-bond donors (Lipinski definition) is 0. The highest BCUT2D eigenvalue weighted by Crippen LogP contribution is 2.39. The van der Waals surface area contributed by atoms with Gasteiger partial charge in [-0.2, -0.15) is 0 Å². The van der Waals surface area contributed by atoms with E-state index in [-0.39, 0.29) is 23.3 Å². The Bertz CT molecular complexity index is 1060. The molecule has 194 valence electrons. The number of ether oxygens (including phenoxy) is 2. The summed E-state index contributed by atoms with van der Waals surface area (Å²) in [6.07, 6.45) is 7.94. The summed E-state index contributed by atoms with van der Waals surface area (Å²) >= 11 is 1.67. The van der Waals surface area contributed by atoms with E-state index in [1.807, 2.05) is 45.5 Å². The highest BCUT2D eigenvalue weighted by molar-refractivity contribution is 7.10. The Morgan fingerprint density at radius 2 is 1.94 bits per heavy atom. The number of amides is 2. The Labute approximate surface area is 218 Å². The van der Waals surface area contributed by atoms with Crippen LogP contribution in [0.4, 0.5) is 0 Å². The Balaban J connectivity index is 1.31. The summed E-state index contributed by atoms with van der Waals surface area (Å²) in [7, 11) is 0. The zero-order valence-corrected chi connectivity index (χ0v) is 22.2. The molecule has 5 rings (SSSR count). The third-order valence-corrected chi connectivity index (χ3v) is 9.29. The van der Waals surface area contributed by atoms with Gasteiger partial charge in [-0.3, -0.25) is 9.59 Å². The van der Waals surface area contributed by atoms with Crippen molar-refractivity contribution in [3.05, 3.63) is 51.7 Å². The average Bonchev–Trinajstić information content (AvgIpc) is 3.59. The third kappa shape index (κ3) is 5.47. The van der Waals surface area contributed by atoms with Gasteiger partial charge in [0.05, 0.1) is 30.4 Å². The SMILES string of the molecule is CCc1cc(C(=O)N2CCC3(CCCCOC[C@@H]4CCCN4C(=O)c4ccccc4OC3)CC2)cs1. The number of aryl methyl sites for hydroxylation is 1. The molecule has 1 spiro atoms. The first kappa shape index (κ1) is 25.3. The first-order valence-corrected chi connectivity index (χ1v) is 14.4. The number of piperidine rings is 1. The Morgan fingerprint density at radius 3 is 2.75 bits per heavy atom. The smallest absolute Gasteiger partial charge is 0.257 e. The number of carbonyl (C=O) groups excluding carboxylic acids is 2. The zero-order valence-electron chi connectivity index (χ0n) is 21.4. The van der Waals surface area contributed by atoms with E-state index in [0.29, 0.717) is 24.5 Å². The van der Waals surface area contributed by atoms with Gasteiger partial charge < -0.3 is 19.3 Å². The monoisotopic (exact) mass is 510 g/mol. The van der Waals surface area contributed by atoms with Crippen LogP contribution in [-0.4, -0.2) is 67.1 Å². The number of para-hydroxylation sites is 1. The highest BCUT2D eigenvalue weighted by atomic mass is 32.1. The molecule has 0 radical (unpaired) electrons. The van der Waals surface area contributed by atoms with Crippen molar-refractivity contribution in [2.75, 3.05) is 39.5 Å². The van der Waals surface area contributed by atoms with Crippen LogP contribution in [0.1, 0.15) is 77.5 Å². The van der Waals surface area contributed by atoms with Crippen molar-refractivity contribution in [1.82, 2.24) is 9.80 Å². The molecule has 0 aliphatic carbocycles. The fraction of sp³-hybridized carbons (Fsp3) is 0.586. The van der Waals surface area contributed by atoms with Crippen molar-refractivity contribution < 1.29 is 19.1 Å². The summed E-state index contributed by atoms with van der Waals surface area (Å²) in [6, 6.07) is 9.87. The van der Waals surface area contributed by atoms with E-state index in [2.05, 4.69) is 6.92 Å². The zero-order chi connectivity index (χ0) is 25.0. The molecule has 3 aliphatic heterocycles. The second-order valence-electron chi connectivity index (χ2n) is 10.6. The summed E-state index contributed by atoms with van der Waals surface area (Å²) in [5.74, 6) is 0.868. The minimum absolute atomic E-state index is 0.00351. The second kappa shape index (κ2) is 11.3. The van der Waals surface area contributed by atoms with Crippen LogP contribution in [0.3, 0.4) is 0 Å². The van der Waals surface area contributed by atoms with E-state index in [4.69, 9.17) is 9.47 Å². The molecule has 1 aromatic heterocycles. The fourth-order valence-electron chi connectivity index (χ4n) is 5.87. The van der Waals surface area contributed by atoms with Gasteiger partial charge in [-0.15, -0.1) is 11.3 Å². The number of carbonyl (C=O) groups is 2. The number of nitrogens with zero attached hydrogens (tertiary/aromatic N) is 2. The Hall–Kier alpha value is -2.38. The lowest BCUT2D eigenvalue weighted by atomic mass is 9.75. The Morgan fingerprint density at radius 1 is 1.11 bits per heavy atom. The topological polar surface area (TPSA) is 59.1 Å². The molecule has 1 aromatic carbocycles. The summed E-state index contributed by atoms with van der Waals surface area (Å²) in [6.45, 7) is 6.30. The van der Waals surface area contributed by atoms with Crippen molar-refractivity contribution in [2.45, 2.75) is 64.3 Å². The lowest BCUT2D eigenvalue weighted by molar-refractivity contribution is 0.0303. The van der Waals surface area contributed by atoms with E-state index in [9.17, 15) is 9.59 Å². The molecule has 2 amide bonds. The summed E-state index contributed by atoms with van der Waals surface area (Å²) < 4.78 is 12.5. The molecule has 0 unspecified atom stereocenters. The first-order chi connectivity index (χ1) is 17.6. The summed E-state index contributed by atoms with van der Waals surface area (Å²) in [4.78, 5) is 31.8. The van der Waals surface area contributed by atoms with E-state index in [1.165, 1.54) is 4.88 Å². The second-order valence-corrected chi connectivity index (χ2v) is 11.6. The van der Waals surface area contributed by atoms with E-state index < -0.39 is 0 Å². The number of fused-ring (bicyclic) bond motifs is 2. The molecular weight excluding hydrogens is 472 g/mol. The van der Waals surface area contributed by atoms with Crippen molar-refractivity contribution in [1.29, 1.82) is 0 Å². The maximum atomic E-state index is 13.5. The molecule has 4 heterocycles. The van der Waals surface area contributed by atoms with Gasteiger partial charge >= 0.3 is 0 Å². The van der Waals surface area contributed by atoms with Crippen LogP contribution in [0.15, 0.2) is 35.7 Å². The van der Waals surface area contributed by atoms with Gasteiger partial charge in [-0.25, -0.2) is 0 Å². The lowest BCUT2D eigenvalue weighted by Crippen LogP contribution is -2.45. The van der Waals surface area contributed by atoms with Crippen LogP contribution in [0.25, 0.3) is 0 Å². The number of rotatable bonds is 2. The van der Waals surface area contributed by atoms with Crippen molar-refractivity contribution >= 4 is 23.2 Å². The normalized spacial score (nSPS) is 23.0. The highest BCUT2D eigenvalue weighted by Gasteiger charge is 2.38. The third-order valence-electron chi connectivity index (χ3n) is 8.21. The van der Waals surface area contributed by atoms with Crippen LogP contribution in [-0.2, 0) is 11.2 Å². The first-order valence-electron chi connectivity index (χ1n) is 13.6. The van der Waals surface area contributed by atoms with Crippen molar-refractivity contribution in [3.63, 3.8) is 0 Å². The molecule has 2 saturated heterocycles. The number of hydrogen-bond acceptors (Lipinski definition) is 5. The maximum absolute atomic E-state index is 13.5. The van der Waals surface area contributed by atoms with Crippen LogP contribution < -0.4 is 4.74 Å². The number of thiophene rings is 1. The van der Waals surface area contributed by atoms with Crippen molar-refractivity contribution in [3.8, 4) is 5.75 Å². The Kier molecular flexibility index (Phi) is 7.96. The molecule has 2 aromatic rings. The van der Waals surface area contributed by atoms with Crippen molar-refractivity contribution in [2.24, 2.45) is 5.41 Å². The largest absolute Gasteiger partial charge is 0.492 e. The molecule has 3 aliphatic rings. The molecule has 6 nitrogen and oxygen atoms in total. The van der Waals surface area contributed by atoms with Gasteiger partial charge in [-0.05, 0) is 63.1 Å². The quantitative estimate of drug-likeness (QED) is 0.542. The van der Waals surface area contributed by atoms with Crippen LogP contribution in [0, 0.1) is 5.41 Å². The fourth-order valence-corrected chi connectivity index (χ4v) is 6.67. The van der Waals surface area contributed by atoms with Gasteiger partial charge in [0, 0.05) is 41.9 Å². The van der Waals surface area contributed by atoms with E-state index >= 15 is 0 Å². The summed E-state index contributed by atoms with van der Waals surface area (Å²) in [5.41, 5.74) is 1.46. The van der Waals surface area contributed by atoms with Gasteiger partial charge in [-0.1, -0.05) is 25.5 Å². The van der Waals surface area contributed by atoms with Crippen LogP contribution in [0.2, 0.25) is 0 Å². The van der Waals surface area contributed by atoms with Gasteiger partial charge in [0.15, 0.2) is 0 Å². The molecule has 36 heavy (non-hydrogen) atoms. The molecular formula is C29H38N2O4S. The predicted octanol–water partition coefficient (Wildman–Crippen LogP) is 5.42. The van der Waals surface area contributed by atoms with Gasteiger partial charge in [0.25, 0.3) is 11.8 Å². The van der Waals surface area contributed by atoms with E-state index in [0.717, 1.165) is 83.2 Å². The number of benzene rings is 1. The standard InChI is InChI=1S/C29H38N2O4S/c1-2-24-18-22(20-36-24)27(32)30-15-12-29(13-16-30)11-5-6-17-34-19-23-8-7-14-31(23)28(33)25-9-3-4-10-26(25)35-21-29/h3-4,9-10,18,20,23H,2,5-8,11-17,19,21H2,1H3/t23-/m0/s1. The molecule has 0 bridgehead atoms. The number of likely N-dealkylation sites (tertiary alicyclic amines) is 1. The van der Waals surface area contributed by atoms with Gasteiger partial charge in [0.1, 0.15) is 5.75 Å².